The molecule has 7 heteroatoms. The molecule has 0 bridgehead atoms. The summed E-state index contributed by atoms with van der Waals surface area (Å²) in [7, 11) is 0. The Labute approximate surface area is 208 Å². The van der Waals surface area contributed by atoms with Gasteiger partial charge in [-0.05, 0) is 38.3 Å². The van der Waals surface area contributed by atoms with E-state index < -0.39 is 17.8 Å². The molecule has 2 amide bonds. The third kappa shape index (κ3) is 9.83. The number of hydrogen-bond donors (Lipinski definition) is 1. The molecule has 2 aromatic carbocycles. The lowest BCUT2D eigenvalue weighted by Crippen LogP contribution is -2.41. The molecule has 1 atom stereocenters. The van der Waals surface area contributed by atoms with Crippen molar-refractivity contribution in [2.24, 2.45) is 0 Å². The standard InChI is InChI=1S/C28H37N3O4/c1-28(2,3)35-27(33)31(17-10-15-23-11-6-4-7-12-23)19-20-34-26(32)29-25-16-18-30(22-25)21-24-13-8-5-9-14-24/h4-15,25H,16-22H2,1-3H3,(H,29,32). The average molecular weight is 480 g/mol. The van der Waals surface area contributed by atoms with Crippen molar-refractivity contribution in [3.05, 3.63) is 77.9 Å². The van der Waals surface area contributed by atoms with Gasteiger partial charge in [0.15, 0.2) is 0 Å². The van der Waals surface area contributed by atoms with Crippen LogP contribution in [0.3, 0.4) is 0 Å². The summed E-state index contributed by atoms with van der Waals surface area (Å²) in [4.78, 5) is 28.9. The molecule has 0 aliphatic carbocycles. The number of ether oxygens (including phenoxy) is 2. The number of carbonyl (C=O) groups is 2. The SMILES string of the molecule is CC(C)(C)OC(=O)N(CC=Cc1ccccc1)CCOC(=O)NC1CCN(Cc2ccccc2)C1. The molecular weight excluding hydrogens is 442 g/mol. The molecule has 188 valence electrons. The van der Waals surface area contributed by atoms with Crippen molar-refractivity contribution in [3.63, 3.8) is 0 Å². The van der Waals surface area contributed by atoms with Crippen LogP contribution in [0.25, 0.3) is 6.08 Å². The zero-order valence-corrected chi connectivity index (χ0v) is 21.0. The molecule has 0 aromatic heterocycles. The smallest absolute Gasteiger partial charge is 0.410 e. The third-order valence-corrected chi connectivity index (χ3v) is 5.53. The Bertz CT molecular complexity index is 957. The van der Waals surface area contributed by atoms with Crippen molar-refractivity contribution in [2.45, 2.75) is 45.4 Å². The summed E-state index contributed by atoms with van der Waals surface area (Å²) in [5.74, 6) is 0. The highest BCUT2D eigenvalue weighted by Gasteiger charge is 2.25. The molecule has 1 N–H and O–H groups in total. The number of rotatable bonds is 9. The fourth-order valence-corrected chi connectivity index (χ4v) is 3.86. The molecule has 0 radical (unpaired) electrons. The number of carbonyl (C=O) groups excluding carboxylic acids is 2. The van der Waals surface area contributed by atoms with E-state index in [1.165, 1.54) is 10.5 Å². The van der Waals surface area contributed by atoms with E-state index in [0.717, 1.165) is 31.6 Å². The van der Waals surface area contributed by atoms with Gasteiger partial charge in [-0.15, -0.1) is 0 Å². The van der Waals surface area contributed by atoms with Crippen LogP contribution in [0.5, 0.6) is 0 Å². The molecular formula is C28H37N3O4. The van der Waals surface area contributed by atoms with E-state index in [0.29, 0.717) is 6.54 Å². The summed E-state index contributed by atoms with van der Waals surface area (Å²) in [5.41, 5.74) is 1.70. The summed E-state index contributed by atoms with van der Waals surface area (Å²) >= 11 is 0. The first kappa shape index (κ1) is 26.3. The van der Waals surface area contributed by atoms with Crippen LogP contribution in [0.4, 0.5) is 9.59 Å². The minimum atomic E-state index is -0.606. The number of nitrogens with one attached hydrogen (secondary N) is 1. The summed E-state index contributed by atoms with van der Waals surface area (Å²) in [6.45, 7) is 8.76. The predicted molar refractivity (Wildman–Crippen MR) is 138 cm³/mol. The second kappa shape index (κ2) is 13.0. The highest BCUT2D eigenvalue weighted by molar-refractivity contribution is 5.69. The van der Waals surface area contributed by atoms with Gasteiger partial charge in [0.2, 0.25) is 0 Å². The van der Waals surface area contributed by atoms with E-state index in [1.807, 2.05) is 81.5 Å². The quantitative estimate of drug-likeness (QED) is 0.552. The first-order valence-corrected chi connectivity index (χ1v) is 12.2. The van der Waals surface area contributed by atoms with Crippen LogP contribution in [0.15, 0.2) is 66.7 Å². The average Bonchev–Trinajstić information content (AvgIpc) is 3.24. The van der Waals surface area contributed by atoms with E-state index in [4.69, 9.17) is 9.47 Å². The fourth-order valence-electron chi connectivity index (χ4n) is 3.86. The van der Waals surface area contributed by atoms with Crippen LogP contribution in [-0.2, 0) is 16.0 Å². The maximum Gasteiger partial charge on any atom is 0.410 e. The Kier molecular flexibility index (Phi) is 9.73. The van der Waals surface area contributed by atoms with Gasteiger partial charge in [-0.3, -0.25) is 4.90 Å². The Balaban J connectivity index is 1.43. The van der Waals surface area contributed by atoms with Crippen LogP contribution in [0.2, 0.25) is 0 Å². The number of nitrogens with zero attached hydrogens (tertiary/aromatic N) is 2. The predicted octanol–water partition coefficient (Wildman–Crippen LogP) is 4.94. The number of alkyl carbamates (subject to hydrolysis) is 1. The van der Waals surface area contributed by atoms with E-state index in [-0.39, 0.29) is 19.2 Å². The number of benzene rings is 2. The lowest BCUT2D eigenvalue weighted by Gasteiger charge is -2.26. The second-order valence-electron chi connectivity index (χ2n) is 9.73. The number of hydrogen-bond acceptors (Lipinski definition) is 5. The Morgan fingerprint density at radius 3 is 2.46 bits per heavy atom. The molecule has 1 saturated heterocycles. The summed E-state index contributed by atoms with van der Waals surface area (Å²) in [6.07, 6.45) is 3.84. The van der Waals surface area contributed by atoms with Gasteiger partial charge >= 0.3 is 12.2 Å². The zero-order chi connectivity index (χ0) is 25.1. The highest BCUT2D eigenvalue weighted by atomic mass is 16.6. The monoisotopic (exact) mass is 479 g/mol. The molecule has 1 aliphatic rings. The largest absolute Gasteiger partial charge is 0.448 e. The summed E-state index contributed by atoms with van der Waals surface area (Å²) in [5, 5.41) is 2.95. The van der Waals surface area contributed by atoms with E-state index in [9.17, 15) is 9.59 Å². The van der Waals surface area contributed by atoms with E-state index >= 15 is 0 Å². The van der Waals surface area contributed by atoms with Crippen molar-refractivity contribution in [3.8, 4) is 0 Å². The molecule has 0 spiro atoms. The van der Waals surface area contributed by atoms with Crippen molar-refractivity contribution >= 4 is 18.3 Å². The second-order valence-corrected chi connectivity index (χ2v) is 9.73. The minimum Gasteiger partial charge on any atom is -0.448 e. The van der Waals surface area contributed by atoms with Gasteiger partial charge in [0.1, 0.15) is 12.2 Å². The van der Waals surface area contributed by atoms with Gasteiger partial charge in [0.05, 0.1) is 6.54 Å². The first-order chi connectivity index (χ1) is 16.8. The van der Waals surface area contributed by atoms with Gasteiger partial charge in [-0.25, -0.2) is 9.59 Å². The molecule has 1 fully saturated rings. The minimum absolute atomic E-state index is 0.0574. The Hall–Kier alpha value is -3.32. The molecule has 0 saturated carbocycles. The lowest BCUT2D eigenvalue weighted by atomic mass is 10.2. The highest BCUT2D eigenvalue weighted by Crippen LogP contribution is 2.14. The van der Waals surface area contributed by atoms with Gasteiger partial charge in [-0.2, -0.15) is 0 Å². The Morgan fingerprint density at radius 2 is 1.77 bits per heavy atom. The van der Waals surface area contributed by atoms with Crippen LogP contribution < -0.4 is 5.32 Å². The van der Waals surface area contributed by atoms with Crippen molar-refractivity contribution in [2.75, 3.05) is 32.8 Å². The van der Waals surface area contributed by atoms with Crippen LogP contribution in [0.1, 0.15) is 38.3 Å². The normalized spacial score (nSPS) is 16.3. The fraction of sp³-hybridized carbons (Fsp3) is 0.429. The lowest BCUT2D eigenvalue weighted by molar-refractivity contribution is 0.0231. The van der Waals surface area contributed by atoms with Crippen LogP contribution in [0, 0.1) is 0 Å². The molecule has 1 unspecified atom stereocenters. The third-order valence-electron chi connectivity index (χ3n) is 5.53. The zero-order valence-electron chi connectivity index (χ0n) is 21.0. The Morgan fingerprint density at radius 1 is 1.09 bits per heavy atom. The topological polar surface area (TPSA) is 71.1 Å². The number of likely N-dealkylation sites (tertiary alicyclic amines) is 1. The summed E-state index contributed by atoms with van der Waals surface area (Å²) in [6, 6.07) is 20.2. The van der Waals surface area contributed by atoms with E-state index in [1.54, 1.807) is 0 Å². The van der Waals surface area contributed by atoms with Gasteiger partial charge in [0, 0.05) is 32.2 Å². The molecule has 3 rings (SSSR count). The van der Waals surface area contributed by atoms with Crippen molar-refractivity contribution in [1.82, 2.24) is 15.1 Å². The molecule has 35 heavy (non-hydrogen) atoms. The molecule has 1 heterocycles. The molecule has 1 aliphatic heterocycles. The van der Waals surface area contributed by atoms with E-state index in [2.05, 4.69) is 22.3 Å². The summed E-state index contributed by atoms with van der Waals surface area (Å²) < 4.78 is 10.9. The maximum atomic E-state index is 12.6. The number of amides is 2. The molecule has 7 nitrogen and oxygen atoms in total. The first-order valence-electron chi connectivity index (χ1n) is 12.2. The maximum absolute atomic E-state index is 12.6. The van der Waals surface area contributed by atoms with Gasteiger partial charge in [0.25, 0.3) is 0 Å². The van der Waals surface area contributed by atoms with Gasteiger partial charge < -0.3 is 19.7 Å². The van der Waals surface area contributed by atoms with Gasteiger partial charge in [-0.1, -0.05) is 72.8 Å². The van der Waals surface area contributed by atoms with Crippen molar-refractivity contribution < 1.29 is 19.1 Å². The van der Waals surface area contributed by atoms with Crippen LogP contribution >= 0.6 is 0 Å². The van der Waals surface area contributed by atoms with Crippen LogP contribution in [-0.4, -0.2) is 66.4 Å². The van der Waals surface area contributed by atoms with Crippen molar-refractivity contribution in [1.29, 1.82) is 0 Å². The molecule has 2 aromatic rings.